The lowest BCUT2D eigenvalue weighted by atomic mass is 10.1. The minimum absolute atomic E-state index is 0.0454. The molecule has 3 N–H and O–H groups in total. The Morgan fingerprint density at radius 1 is 0.510 bits per heavy atom. The first-order valence-electron chi connectivity index (χ1n) is 15.7. The molecule has 0 spiro atoms. The van der Waals surface area contributed by atoms with E-state index < -0.39 is 36.2 Å². The van der Waals surface area contributed by atoms with Gasteiger partial charge in [-0.05, 0) is 75.4 Å². The van der Waals surface area contributed by atoms with Crippen LogP contribution in [0.5, 0.6) is 17.2 Å². The maximum Gasteiger partial charge on any atom is 0.337 e. The highest BCUT2D eigenvalue weighted by atomic mass is 16.5. The molecule has 0 amide bonds. The zero-order chi connectivity index (χ0) is 37.2. The van der Waals surface area contributed by atoms with Crippen molar-refractivity contribution in [2.45, 2.75) is 39.1 Å². The molecule has 15 heteroatoms. The summed E-state index contributed by atoms with van der Waals surface area (Å²) >= 11 is 0. The van der Waals surface area contributed by atoms with Gasteiger partial charge in [0.05, 0.1) is 73.0 Å². The SMILES string of the molecule is COC(=O)c1ccc(-c2nc(-c3ccc(C(=O)OC)cc3OCC(C)O)nc(-c3ccc(C(=O)OC)cc3OCC(C)O)n2)c(OCC(C)O)c1. The third kappa shape index (κ3) is 9.75. The first kappa shape index (κ1) is 38.2. The molecule has 0 aliphatic carbocycles. The number of carbonyl (C=O) groups is 3. The van der Waals surface area contributed by atoms with E-state index in [-0.39, 0.29) is 71.2 Å². The Kier molecular flexibility index (Phi) is 13.0. The van der Waals surface area contributed by atoms with Crippen LogP contribution in [-0.4, -0.2) is 108 Å². The minimum atomic E-state index is -0.868. The molecule has 0 saturated heterocycles. The van der Waals surface area contributed by atoms with Gasteiger partial charge in [0, 0.05) is 0 Å². The third-order valence-corrected chi connectivity index (χ3v) is 7.01. The molecule has 4 aromatic rings. The van der Waals surface area contributed by atoms with E-state index >= 15 is 0 Å². The Hall–Kier alpha value is -5.64. The Labute approximate surface area is 293 Å². The van der Waals surface area contributed by atoms with Crippen molar-refractivity contribution in [3.05, 3.63) is 71.3 Å². The van der Waals surface area contributed by atoms with Crippen molar-refractivity contribution in [1.82, 2.24) is 15.0 Å². The molecular formula is C36H39N3O12. The number of aromatic nitrogens is 3. The average molecular weight is 706 g/mol. The summed E-state index contributed by atoms with van der Waals surface area (Å²) in [6.07, 6.45) is -2.60. The first-order chi connectivity index (χ1) is 24.3. The quantitative estimate of drug-likeness (QED) is 0.120. The van der Waals surface area contributed by atoms with Crippen molar-refractivity contribution in [2.24, 2.45) is 0 Å². The largest absolute Gasteiger partial charge is 0.490 e. The molecule has 15 nitrogen and oxygen atoms in total. The van der Waals surface area contributed by atoms with Crippen molar-refractivity contribution >= 4 is 17.9 Å². The van der Waals surface area contributed by atoms with Crippen LogP contribution in [0.1, 0.15) is 51.8 Å². The number of benzene rings is 3. The Balaban J connectivity index is 2.04. The zero-order valence-corrected chi connectivity index (χ0v) is 28.9. The number of methoxy groups -OCH3 is 3. The van der Waals surface area contributed by atoms with Gasteiger partial charge in [-0.25, -0.2) is 29.3 Å². The van der Waals surface area contributed by atoms with Crippen LogP contribution in [0.25, 0.3) is 34.2 Å². The number of hydrogen-bond donors (Lipinski definition) is 3. The molecule has 0 radical (unpaired) electrons. The predicted octanol–water partition coefficient (Wildman–Crippen LogP) is 3.51. The number of carbonyl (C=O) groups excluding carboxylic acids is 3. The summed E-state index contributed by atoms with van der Waals surface area (Å²) in [5.41, 5.74) is 1.37. The molecule has 3 aromatic carbocycles. The van der Waals surface area contributed by atoms with Gasteiger partial charge in [-0.1, -0.05) is 0 Å². The van der Waals surface area contributed by atoms with E-state index in [1.165, 1.54) is 78.5 Å². The molecule has 1 heterocycles. The molecule has 270 valence electrons. The topological polar surface area (TPSA) is 206 Å². The number of ether oxygens (including phenoxy) is 6. The van der Waals surface area contributed by atoms with Crippen molar-refractivity contribution in [3.8, 4) is 51.4 Å². The molecule has 0 aliphatic rings. The first-order valence-corrected chi connectivity index (χ1v) is 15.7. The monoisotopic (exact) mass is 705 g/mol. The van der Waals surface area contributed by atoms with Crippen molar-refractivity contribution in [2.75, 3.05) is 41.2 Å². The molecule has 3 atom stereocenters. The normalized spacial score (nSPS) is 12.6. The Morgan fingerprint density at radius 2 is 0.765 bits per heavy atom. The van der Waals surface area contributed by atoms with Crippen LogP contribution in [0.3, 0.4) is 0 Å². The van der Waals surface area contributed by atoms with Crippen LogP contribution in [0.2, 0.25) is 0 Å². The van der Waals surface area contributed by atoms with Gasteiger partial charge in [-0.2, -0.15) is 0 Å². The maximum absolute atomic E-state index is 12.4. The van der Waals surface area contributed by atoms with Crippen molar-refractivity contribution in [3.63, 3.8) is 0 Å². The van der Waals surface area contributed by atoms with Crippen molar-refractivity contribution in [1.29, 1.82) is 0 Å². The standard InChI is InChI=1S/C36H39N3O12/c1-19(40)16-49-28-13-22(34(43)46-4)7-10-25(28)31-37-32(26-11-8-23(35(44)47-5)14-29(26)50-17-20(2)41)39-33(38-31)27-12-9-24(36(45)48-6)15-30(27)51-18-21(3)42/h7-15,19-21,40-42H,16-18H2,1-6H3. The summed E-state index contributed by atoms with van der Waals surface area (Å²) in [6, 6.07) is 13.4. The van der Waals surface area contributed by atoms with Crippen LogP contribution in [0.15, 0.2) is 54.6 Å². The molecule has 0 saturated carbocycles. The van der Waals surface area contributed by atoms with Crippen LogP contribution >= 0.6 is 0 Å². The summed E-state index contributed by atoms with van der Waals surface area (Å²) in [5, 5.41) is 30.0. The van der Waals surface area contributed by atoms with Gasteiger partial charge in [-0.15, -0.1) is 0 Å². The summed E-state index contributed by atoms with van der Waals surface area (Å²) < 4.78 is 32.3. The highest BCUT2D eigenvalue weighted by molar-refractivity contribution is 5.93. The van der Waals surface area contributed by atoms with Gasteiger partial charge in [-0.3, -0.25) is 0 Å². The van der Waals surface area contributed by atoms with Gasteiger partial charge < -0.3 is 43.7 Å². The highest BCUT2D eigenvalue weighted by Crippen LogP contribution is 2.37. The average Bonchev–Trinajstić information content (AvgIpc) is 3.13. The second-order valence-corrected chi connectivity index (χ2v) is 11.4. The van der Waals surface area contributed by atoms with Crippen LogP contribution < -0.4 is 14.2 Å². The van der Waals surface area contributed by atoms with Crippen LogP contribution in [0.4, 0.5) is 0 Å². The van der Waals surface area contributed by atoms with Crippen molar-refractivity contribution < 1.29 is 58.1 Å². The van der Waals surface area contributed by atoms with E-state index in [1.807, 2.05) is 0 Å². The number of aliphatic hydroxyl groups is 3. The number of hydrogen-bond acceptors (Lipinski definition) is 15. The fourth-order valence-electron chi connectivity index (χ4n) is 4.58. The fraction of sp³-hybridized carbons (Fsp3) is 0.333. The lowest BCUT2D eigenvalue weighted by molar-refractivity contribution is 0.0591. The summed E-state index contributed by atoms with van der Waals surface area (Å²) in [6.45, 7) is 4.18. The Morgan fingerprint density at radius 3 is 0.980 bits per heavy atom. The van der Waals surface area contributed by atoms with Gasteiger partial charge in [0.1, 0.15) is 37.1 Å². The molecule has 0 bridgehead atoms. The fourth-order valence-corrected chi connectivity index (χ4v) is 4.58. The van der Waals surface area contributed by atoms with Gasteiger partial charge in [0.2, 0.25) is 0 Å². The number of rotatable bonds is 15. The highest BCUT2D eigenvalue weighted by Gasteiger charge is 2.23. The zero-order valence-electron chi connectivity index (χ0n) is 28.9. The molecule has 0 fully saturated rings. The second-order valence-electron chi connectivity index (χ2n) is 11.4. The lowest BCUT2D eigenvalue weighted by Gasteiger charge is -2.17. The molecule has 1 aromatic heterocycles. The number of aliphatic hydroxyl groups excluding tert-OH is 3. The van der Waals surface area contributed by atoms with Gasteiger partial charge in [0.25, 0.3) is 0 Å². The summed E-state index contributed by atoms with van der Waals surface area (Å²) in [5.74, 6) is -1.33. The minimum Gasteiger partial charge on any atom is -0.490 e. The smallest absolute Gasteiger partial charge is 0.337 e. The maximum atomic E-state index is 12.4. The van der Waals surface area contributed by atoms with E-state index in [4.69, 9.17) is 43.4 Å². The lowest BCUT2D eigenvalue weighted by Crippen LogP contribution is -2.15. The van der Waals surface area contributed by atoms with E-state index in [9.17, 15) is 29.7 Å². The van der Waals surface area contributed by atoms with Crippen LogP contribution in [-0.2, 0) is 14.2 Å². The molecule has 3 unspecified atom stereocenters. The van der Waals surface area contributed by atoms with E-state index in [0.29, 0.717) is 16.7 Å². The third-order valence-electron chi connectivity index (χ3n) is 7.01. The molecule has 0 aliphatic heterocycles. The Bertz CT molecular complexity index is 1650. The van der Waals surface area contributed by atoms with Gasteiger partial charge >= 0.3 is 17.9 Å². The summed E-state index contributed by atoms with van der Waals surface area (Å²) in [4.78, 5) is 51.5. The van der Waals surface area contributed by atoms with E-state index in [2.05, 4.69) is 0 Å². The second kappa shape index (κ2) is 17.3. The predicted molar refractivity (Wildman–Crippen MR) is 182 cm³/mol. The molecule has 4 rings (SSSR count). The van der Waals surface area contributed by atoms with E-state index in [1.54, 1.807) is 18.2 Å². The number of nitrogens with zero attached hydrogens (tertiary/aromatic N) is 3. The molecular weight excluding hydrogens is 666 g/mol. The molecule has 51 heavy (non-hydrogen) atoms. The number of esters is 3. The van der Waals surface area contributed by atoms with Crippen LogP contribution in [0, 0.1) is 0 Å². The van der Waals surface area contributed by atoms with Gasteiger partial charge in [0.15, 0.2) is 17.5 Å². The van der Waals surface area contributed by atoms with E-state index in [0.717, 1.165) is 0 Å². The summed E-state index contributed by atoms with van der Waals surface area (Å²) in [7, 11) is 3.72.